The van der Waals surface area contributed by atoms with Crippen LogP contribution in [0.15, 0.2) is 62.5 Å². The van der Waals surface area contributed by atoms with E-state index < -0.39 is 36.5 Å². The molecule has 0 aromatic heterocycles. The highest BCUT2D eigenvalue weighted by atomic mass is 32.2. The van der Waals surface area contributed by atoms with Gasteiger partial charge in [-0.05, 0) is 47.7 Å². The van der Waals surface area contributed by atoms with Crippen molar-refractivity contribution in [1.29, 1.82) is 0 Å². The minimum absolute atomic E-state index is 0.0349. The lowest BCUT2D eigenvalue weighted by Gasteiger charge is -2.10. The Labute approximate surface area is 183 Å². The number of anilines is 2. The van der Waals surface area contributed by atoms with E-state index in [0.29, 0.717) is 5.39 Å². The molecule has 0 bridgehead atoms. The second-order valence-corrected chi connectivity index (χ2v) is 9.87. The number of phenolic OH excluding ortho intramolecular Hbond substituents is 1. The van der Waals surface area contributed by atoms with E-state index >= 15 is 0 Å². The van der Waals surface area contributed by atoms with E-state index in [2.05, 4.69) is 21.4 Å². The Balaban J connectivity index is 2.19. The second-order valence-electron chi connectivity index (χ2n) is 6.72. The van der Waals surface area contributed by atoms with Crippen LogP contribution >= 0.6 is 0 Å². The van der Waals surface area contributed by atoms with Crippen LogP contribution in [0.25, 0.3) is 10.8 Å². The molecule has 13 heteroatoms. The van der Waals surface area contributed by atoms with Gasteiger partial charge in [-0.3, -0.25) is 9.35 Å². The summed E-state index contributed by atoms with van der Waals surface area (Å²) in [6, 6.07) is 8.85. The minimum Gasteiger partial charge on any atom is -0.507 e. The molecule has 0 aliphatic rings. The van der Waals surface area contributed by atoms with Crippen LogP contribution in [0.3, 0.4) is 0 Å². The molecule has 1 unspecified atom stereocenters. The van der Waals surface area contributed by atoms with E-state index in [1.165, 1.54) is 37.3 Å². The molecule has 0 spiro atoms. The molecule has 3 rings (SSSR count). The molecule has 0 saturated heterocycles. The lowest BCUT2D eigenvalue weighted by Crippen LogP contribution is -2.07. The highest BCUT2D eigenvalue weighted by molar-refractivity contribution is 7.95. The number of carbonyl (C=O) groups is 1. The monoisotopic (exact) mass is 478 g/mol. The average Bonchev–Trinajstić information content (AvgIpc) is 2.66. The third kappa shape index (κ3) is 4.86. The van der Waals surface area contributed by atoms with Gasteiger partial charge in [-0.2, -0.15) is 8.42 Å². The molecular weight excluding hydrogens is 460 g/mol. The summed E-state index contributed by atoms with van der Waals surface area (Å²) in [6.45, 7) is 1.23. The van der Waals surface area contributed by atoms with Crippen LogP contribution in [0.5, 0.6) is 5.75 Å². The van der Waals surface area contributed by atoms with Gasteiger partial charge in [-0.25, -0.2) is 4.21 Å². The number of nitrogens with zero attached hydrogens (tertiary/aromatic N) is 2. The van der Waals surface area contributed by atoms with Crippen molar-refractivity contribution < 1.29 is 31.6 Å². The van der Waals surface area contributed by atoms with Gasteiger partial charge in [-0.15, -0.1) is 10.2 Å². The summed E-state index contributed by atoms with van der Waals surface area (Å²) in [5.74, 6) is 2.29. The number of hydrogen-bond donors (Lipinski definition) is 5. The zero-order valence-electron chi connectivity index (χ0n) is 16.5. The first-order chi connectivity index (χ1) is 14.8. The zero-order valence-corrected chi connectivity index (χ0v) is 18.1. The average molecular weight is 479 g/mol. The van der Waals surface area contributed by atoms with Crippen LogP contribution in [0.4, 0.5) is 22.7 Å². The Morgan fingerprint density at radius 2 is 1.75 bits per heavy atom. The van der Waals surface area contributed by atoms with Crippen molar-refractivity contribution in [3.05, 3.63) is 42.5 Å². The summed E-state index contributed by atoms with van der Waals surface area (Å²) in [4.78, 5) is 10.5. The third-order valence-electron chi connectivity index (χ3n) is 4.26. The Kier molecular flexibility index (Phi) is 5.93. The minimum atomic E-state index is -4.73. The van der Waals surface area contributed by atoms with Crippen molar-refractivity contribution in [2.75, 3.05) is 11.1 Å². The van der Waals surface area contributed by atoms with Gasteiger partial charge < -0.3 is 20.7 Å². The maximum Gasteiger partial charge on any atom is 0.296 e. The van der Waals surface area contributed by atoms with Gasteiger partial charge in [0, 0.05) is 12.6 Å². The normalized spacial score (nSPS) is 13.8. The number of fused-ring (bicyclic) bond motifs is 1. The Morgan fingerprint density at radius 1 is 1.06 bits per heavy atom. The summed E-state index contributed by atoms with van der Waals surface area (Å²) in [7, 11) is -8.33. The topological polar surface area (TPSA) is 192 Å². The molecule has 3 aromatic carbocycles. The molecule has 0 radical (unpaired) electrons. The fraction of sp³-hybridized carbons (Fsp3) is 0.0526. The number of nitrogens with one attached hydrogen (secondary N) is 1. The predicted octanol–water partition coefficient (Wildman–Crippen LogP) is 3.30. The molecule has 1 atom stereocenters. The quantitative estimate of drug-likeness (QED) is 0.159. The van der Waals surface area contributed by atoms with Crippen LogP contribution in [0, 0.1) is 0 Å². The number of aromatic hydroxyl groups is 1. The van der Waals surface area contributed by atoms with Crippen molar-refractivity contribution >= 4 is 65.2 Å². The maximum absolute atomic E-state index is 11.8. The molecule has 32 heavy (non-hydrogen) atoms. The molecule has 0 aliphatic carbocycles. The third-order valence-corrected chi connectivity index (χ3v) is 6.11. The van der Waals surface area contributed by atoms with E-state index in [0.717, 1.165) is 12.1 Å². The van der Waals surface area contributed by atoms with E-state index in [4.69, 9.17) is 5.73 Å². The summed E-state index contributed by atoms with van der Waals surface area (Å²) < 4.78 is 54.6. The van der Waals surface area contributed by atoms with Crippen molar-refractivity contribution in [2.45, 2.75) is 16.7 Å². The van der Waals surface area contributed by atoms with Crippen molar-refractivity contribution in [2.24, 2.45) is 10.2 Å². The number of hydrogen-bond acceptors (Lipinski definition) is 8. The molecule has 0 heterocycles. The van der Waals surface area contributed by atoms with E-state index in [1.54, 1.807) is 0 Å². The standard InChI is InChI=1S/C19H18N4O7S2/c1-10(24)21-12-4-6-15(17(8-12)32(28,29)30)22-23-19-14(20)5-3-11-7-13(31(2,26)27)9-16(25)18(11)19/h3-9,25H,2,20H2,1H3,(H,21,24)(H,26,27)(H,28,29,30). The highest BCUT2D eigenvalue weighted by Crippen LogP contribution is 2.40. The molecule has 0 fully saturated rings. The van der Waals surface area contributed by atoms with Crippen molar-refractivity contribution in [1.82, 2.24) is 0 Å². The number of carbonyl (C=O) groups excluding carboxylic acids is 1. The number of nitrogens with two attached hydrogens (primary N) is 1. The largest absolute Gasteiger partial charge is 0.507 e. The van der Waals surface area contributed by atoms with Crippen LogP contribution in [-0.4, -0.2) is 38.6 Å². The first-order valence-electron chi connectivity index (χ1n) is 8.73. The Bertz CT molecular complexity index is 1500. The number of phenols is 1. The van der Waals surface area contributed by atoms with E-state index in [1.807, 2.05) is 0 Å². The molecular formula is C19H18N4O7S2. The maximum atomic E-state index is 11.8. The fourth-order valence-electron chi connectivity index (χ4n) is 2.89. The van der Waals surface area contributed by atoms with E-state index in [-0.39, 0.29) is 33.0 Å². The molecule has 0 saturated carbocycles. The number of amides is 1. The second kappa shape index (κ2) is 8.20. The van der Waals surface area contributed by atoms with Gasteiger partial charge >= 0.3 is 0 Å². The molecule has 6 N–H and O–H groups in total. The summed E-state index contributed by atoms with van der Waals surface area (Å²) in [6.07, 6.45) is 0. The lowest BCUT2D eigenvalue weighted by atomic mass is 10.1. The van der Waals surface area contributed by atoms with Gasteiger partial charge in [0.05, 0.1) is 16.0 Å². The molecule has 3 aromatic rings. The van der Waals surface area contributed by atoms with Gasteiger partial charge in [0.15, 0.2) is 0 Å². The number of benzene rings is 3. The van der Waals surface area contributed by atoms with Crippen LogP contribution in [0.2, 0.25) is 0 Å². The molecule has 168 valence electrons. The van der Waals surface area contributed by atoms with E-state index in [9.17, 15) is 31.6 Å². The molecule has 11 nitrogen and oxygen atoms in total. The SMILES string of the molecule is C=S(=O)(O)c1cc(O)c2c(N=Nc3ccc(NC(C)=O)cc3S(=O)(=O)O)c(N)ccc2c1. The Morgan fingerprint density at radius 3 is 2.34 bits per heavy atom. The summed E-state index contributed by atoms with van der Waals surface area (Å²) in [5.41, 5.74) is 5.84. The van der Waals surface area contributed by atoms with Crippen LogP contribution in [0.1, 0.15) is 6.92 Å². The van der Waals surface area contributed by atoms with Crippen molar-refractivity contribution in [3.63, 3.8) is 0 Å². The number of azo groups is 1. The number of nitrogen functional groups attached to an aromatic ring is 1. The number of rotatable bonds is 5. The first-order valence-corrected chi connectivity index (χ1v) is 11.9. The van der Waals surface area contributed by atoms with Gasteiger partial charge in [0.1, 0.15) is 31.8 Å². The van der Waals surface area contributed by atoms with Gasteiger partial charge in [-0.1, -0.05) is 6.07 Å². The summed E-state index contributed by atoms with van der Waals surface area (Å²) in [5, 5.41) is 21.0. The Hall–Kier alpha value is -3.52. The highest BCUT2D eigenvalue weighted by Gasteiger charge is 2.18. The fourth-order valence-corrected chi connectivity index (χ4v) is 4.15. The smallest absolute Gasteiger partial charge is 0.296 e. The zero-order chi connectivity index (χ0) is 23.8. The van der Waals surface area contributed by atoms with Crippen molar-refractivity contribution in [3.8, 4) is 5.75 Å². The predicted molar refractivity (Wildman–Crippen MR) is 121 cm³/mol. The van der Waals surface area contributed by atoms with Gasteiger partial charge in [0.2, 0.25) is 5.91 Å². The van der Waals surface area contributed by atoms with Crippen LogP contribution in [-0.2, 0) is 24.7 Å². The molecule has 0 aliphatic heterocycles. The van der Waals surface area contributed by atoms with Gasteiger partial charge in [0.25, 0.3) is 10.1 Å². The van der Waals surface area contributed by atoms with Crippen LogP contribution < -0.4 is 11.1 Å². The first kappa shape index (κ1) is 23.1. The molecule has 1 amide bonds. The lowest BCUT2D eigenvalue weighted by molar-refractivity contribution is -0.114. The summed E-state index contributed by atoms with van der Waals surface area (Å²) >= 11 is 0.